The number of allylic oxidation sites excluding steroid dienone is 9. The molecule has 11 atom stereocenters. The van der Waals surface area contributed by atoms with E-state index in [0.29, 0.717) is 38.5 Å². The molecule has 302 valence electrons. The summed E-state index contributed by atoms with van der Waals surface area (Å²) in [6.45, 7) is 3.81. The minimum atomic E-state index is -2.48. The van der Waals surface area contributed by atoms with Gasteiger partial charge in [0.05, 0.1) is 24.9 Å². The molecule has 2 fully saturated rings. The largest absolute Gasteiger partial charge is 0.463 e. The highest BCUT2D eigenvalue weighted by atomic mass is 16.8. The lowest BCUT2D eigenvalue weighted by Gasteiger charge is -2.43. The zero-order valence-electron chi connectivity index (χ0n) is 30.2. The molecule has 17 nitrogen and oxygen atoms in total. The second-order valence-electron chi connectivity index (χ2n) is 12.3. The molecule has 0 spiro atoms. The maximum absolute atomic E-state index is 12.5. The number of hydrogen-bond acceptors (Lipinski definition) is 17. The minimum Gasteiger partial charge on any atom is -0.463 e. The molecule has 0 aromatic heterocycles. The van der Waals surface area contributed by atoms with E-state index in [9.17, 15) is 49.8 Å². The van der Waals surface area contributed by atoms with Crippen molar-refractivity contribution in [2.24, 2.45) is 0 Å². The molecule has 8 N–H and O–H groups in total. The standard InChI is InChI=1S/C37H54N2O15/c1-3-5-7-8-9-10-11-12-13-15-17-39-26(21-41)19-30(44)51-23-28-32(46)35(49)37(24-42,53-28)54-36-34(48)33(47)31(45)27(52-36)22-50-29(43)18-25(20-40)38-16-14-6-4-2/h3-13,20-21,25-28,31-36,38-39,42,45-49H,1,14-19,22-24H2,2H3/b6-4+,7-5+,9-8+,11-10+,13-12+/t25?,26?,27?,28-,31-,32?,33?,34?,35?,36-,37+/m1/s1. The van der Waals surface area contributed by atoms with Crippen LogP contribution >= 0.6 is 0 Å². The molecule has 0 saturated carbocycles. The van der Waals surface area contributed by atoms with Gasteiger partial charge in [-0.2, -0.15) is 0 Å². The second-order valence-corrected chi connectivity index (χ2v) is 12.3. The summed E-state index contributed by atoms with van der Waals surface area (Å²) < 4.78 is 27.0. The molecule has 0 radical (unpaired) electrons. The van der Waals surface area contributed by atoms with Crippen molar-refractivity contribution in [3.63, 3.8) is 0 Å². The third kappa shape index (κ3) is 15.2. The summed E-state index contributed by atoms with van der Waals surface area (Å²) in [4.78, 5) is 47.8. The van der Waals surface area contributed by atoms with Crippen molar-refractivity contribution in [1.29, 1.82) is 0 Å². The molecule has 2 aliphatic rings. The fourth-order valence-electron chi connectivity index (χ4n) is 5.21. The molecule has 0 aromatic carbocycles. The zero-order chi connectivity index (χ0) is 39.9. The van der Waals surface area contributed by atoms with Gasteiger partial charge in [-0.05, 0) is 32.9 Å². The average Bonchev–Trinajstić information content (AvgIpc) is 3.41. The van der Waals surface area contributed by atoms with E-state index in [1.165, 1.54) is 0 Å². The first kappa shape index (κ1) is 46.4. The van der Waals surface area contributed by atoms with Crippen LogP contribution < -0.4 is 10.6 Å². The monoisotopic (exact) mass is 766 g/mol. The number of hydrogen-bond donors (Lipinski definition) is 8. The molecule has 0 amide bonds. The molecule has 2 heterocycles. The van der Waals surface area contributed by atoms with Gasteiger partial charge in [0.2, 0.25) is 5.79 Å². The van der Waals surface area contributed by atoms with Crippen LogP contribution in [0.4, 0.5) is 0 Å². The van der Waals surface area contributed by atoms with Crippen molar-refractivity contribution in [2.75, 3.05) is 32.9 Å². The van der Waals surface area contributed by atoms with Crippen LogP contribution in [0.25, 0.3) is 0 Å². The first-order valence-electron chi connectivity index (χ1n) is 17.6. The zero-order valence-corrected chi connectivity index (χ0v) is 30.2. The Balaban J connectivity index is 1.90. The van der Waals surface area contributed by atoms with Gasteiger partial charge in [-0.1, -0.05) is 73.4 Å². The van der Waals surface area contributed by atoms with Crippen LogP contribution in [0, 0.1) is 0 Å². The summed E-state index contributed by atoms with van der Waals surface area (Å²) in [5.41, 5.74) is 0. The molecule has 0 bridgehead atoms. The molecule has 0 aliphatic carbocycles. The van der Waals surface area contributed by atoms with Crippen LogP contribution in [0.15, 0.2) is 73.4 Å². The molecular formula is C37H54N2O15. The van der Waals surface area contributed by atoms with Gasteiger partial charge in [0.15, 0.2) is 6.29 Å². The molecule has 2 rings (SSSR count). The maximum atomic E-state index is 12.5. The molecule has 2 saturated heterocycles. The average molecular weight is 767 g/mol. The molecular weight excluding hydrogens is 712 g/mol. The predicted molar refractivity (Wildman–Crippen MR) is 192 cm³/mol. The Kier molecular flexibility index (Phi) is 21.8. The highest BCUT2D eigenvalue weighted by Crippen LogP contribution is 2.36. The SMILES string of the molecule is C=C/C=C/C=C/C=C/C=C/CCNC(C=O)CC(=O)OC[C@H]1O[C@@](CO)(O[C@H]2OC(COC(=O)CC(C=O)NCC/C=C/C)[C@@H](O)C(O)C2O)C(O)C1O. The van der Waals surface area contributed by atoms with Crippen LogP contribution in [0.5, 0.6) is 0 Å². The lowest BCUT2D eigenvalue weighted by Crippen LogP contribution is -2.62. The van der Waals surface area contributed by atoms with Crippen LogP contribution in [-0.4, -0.2) is 155 Å². The number of rotatable bonds is 25. The van der Waals surface area contributed by atoms with Crippen molar-refractivity contribution in [2.45, 2.75) is 99.5 Å². The summed E-state index contributed by atoms with van der Waals surface area (Å²) >= 11 is 0. The van der Waals surface area contributed by atoms with Gasteiger partial charge in [-0.3, -0.25) is 9.59 Å². The van der Waals surface area contributed by atoms with Gasteiger partial charge in [0.25, 0.3) is 0 Å². The number of carbonyl (C=O) groups is 4. The Labute approximate surface area is 314 Å². The molecule has 54 heavy (non-hydrogen) atoms. The van der Waals surface area contributed by atoms with Crippen molar-refractivity contribution in [3.05, 3.63) is 73.4 Å². The Bertz CT molecular complexity index is 1320. The van der Waals surface area contributed by atoms with Gasteiger partial charge in [0, 0.05) is 0 Å². The number of esters is 2. The predicted octanol–water partition coefficient (Wildman–Crippen LogP) is -1.43. The number of aliphatic hydroxyl groups excluding tert-OH is 6. The molecule has 7 unspecified atom stereocenters. The maximum Gasteiger partial charge on any atom is 0.307 e. The lowest BCUT2D eigenvalue weighted by molar-refractivity contribution is -0.383. The van der Waals surface area contributed by atoms with Gasteiger partial charge in [-0.15, -0.1) is 0 Å². The summed E-state index contributed by atoms with van der Waals surface area (Å²) in [7, 11) is 0. The Morgan fingerprint density at radius 2 is 1.30 bits per heavy atom. The summed E-state index contributed by atoms with van der Waals surface area (Å²) in [5, 5.41) is 69.0. The minimum absolute atomic E-state index is 0.346. The third-order valence-electron chi connectivity index (χ3n) is 8.24. The van der Waals surface area contributed by atoms with Crippen LogP contribution in [-0.2, 0) is 42.9 Å². The van der Waals surface area contributed by atoms with Crippen LogP contribution in [0.3, 0.4) is 0 Å². The van der Waals surface area contributed by atoms with E-state index in [1.54, 1.807) is 12.2 Å². The fraction of sp³-hybridized carbons (Fsp3) is 0.568. The summed E-state index contributed by atoms with van der Waals surface area (Å²) in [6, 6.07) is -1.73. The molecule has 17 heteroatoms. The smallest absolute Gasteiger partial charge is 0.307 e. The highest BCUT2D eigenvalue weighted by molar-refractivity contribution is 5.76. The van der Waals surface area contributed by atoms with Crippen molar-refractivity contribution in [3.8, 4) is 0 Å². The van der Waals surface area contributed by atoms with E-state index in [4.69, 9.17) is 23.7 Å². The topological polar surface area (TPSA) is 260 Å². The van der Waals surface area contributed by atoms with E-state index in [-0.39, 0.29) is 12.8 Å². The van der Waals surface area contributed by atoms with Crippen molar-refractivity contribution >= 4 is 24.5 Å². The van der Waals surface area contributed by atoms with Crippen LogP contribution in [0.2, 0.25) is 0 Å². The number of ether oxygens (including phenoxy) is 5. The van der Waals surface area contributed by atoms with E-state index in [1.807, 2.05) is 61.6 Å². The van der Waals surface area contributed by atoms with Crippen molar-refractivity contribution in [1.82, 2.24) is 10.6 Å². The van der Waals surface area contributed by atoms with Crippen LogP contribution in [0.1, 0.15) is 32.6 Å². The van der Waals surface area contributed by atoms with Gasteiger partial charge < -0.3 is 74.5 Å². The number of carbonyl (C=O) groups excluding carboxylic acids is 4. The highest BCUT2D eigenvalue weighted by Gasteiger charge is 2.59. The first-order valence-corrected chi connectivity index (χ1v) is 17.6. The number of aldehydes is 2. The normalized spacial score (nSPS) is 30.1. The van der Waals surface area contributed by atoms with Gasteiger partial charge in [-0.25, -0.2) is 0 Å². The van der Waals surface area contributed by atoms with E-state index >= 15 is 0 Å². The Morgan fingerprint density at radius 3 is 1.83 bits per heavy atom. The number of nitrogens with one attached hydrogen (secondary N) is 2. The fourth-order valence-corrected chi connectivity index (χ4v) is 5.21. The third-order valence-corrected chi connectivity index (χ3v) is 8.24. The first-order chi connectivity index (χ1) is 26.0. The Hall–Kier alpha value is -3.72. The van der Waals surface area contributed by atoms with Gasteiger partial charge in [0.1, 0.15) is 75.1 Å². The van der Waals surface area contributed by atoms with Crippen molar-refractivity contribution < 1.29 is 73.5 Å². The quantitative estimate of drug-likeness (QED) is 0.0174. The van der Waals surface area contributed by atoms with E-state index in [0.717, 1.165) is 0 Å². The Morgan fingerprint density at radius 1 is 0.759 bits per heavy atom. The van der Waals surface area contributed by atoms with E-state index in [2.05, 4.69) is 17.2 Å². The van der Waals surface area contributed by atoms with Gasteiger partial charge >= 0.3 is 11.9 Å². The van der Waals surface area contributed by atoms with E-state index < -0.39 is 98.6 Å². The lowest BCUT2D eigenvalue weighted by atomic mass is 9.99. The number of aliphatic hydroxyl groups is 6. The molecule has 2 aliphatic heterocycles. The second kappa shape index (κ2) is 25.4. The summed E-state index contributed by atoms with van der Waals surface area (Å²) in [5.74, 6) is -4.15. The summed E-state index contributed by atoms with van der Waals surface area (Å²) in [6.07, 6.45) is 7.27. The molecule has 0 aromatic rings.